The van der Waals surface area contributed by atoms with E-state index in [9.17, 15) is 14.0 Å². The van der Waals surface area contributed by atoms with Gasteiger partial charge in [0.05, 0.1) is 16.7 Å². The lowest BCUT2D eigenvalue weighted by Crippen LogP contribution is -2.50. The number of halogens is 1. The van der Waals surface area contributed by atoms with Gasteiger partial charge < -0.3 is 4.90 Å². The van der Waals surface area contributed by atoms with Crippen molar-refractivity contribution >= 4 is 5.91 Å². The summed E-state index contributed by atoms with van der Waals surface area (Å²) >= 11 is 0. The first kappa shape index (κ1) is 22.4. The number of pyridine rings is 1. The minimum absolute atomic E-state index is 0.0698. The smallest absolute Gasteiger partial charge is 0.280 e. The first-order chi connectivity index (χ1) is 15.8. The van der Waals surface area contributed by atoms with E-state index in [1.807, 2.05) is 4.90 Å². The predicted octanol–water partition coefficient (Wildman–Crippen LogP) is 2.71. The Balaban J connectivity index is 1.55. The second-order valence-electron chi connectivity index (χ2n) is 8.37. The van der Waals surface area contributed by atoms with E-state index in [2.05, 4.69) is 28.8 Å². The van der Waals surface area contributed by atoms with Crippen LogP contribution in [0.25, 0.3) is 16.9 Å². The molecule has 1 aliphatic heterocycles. The standard InChI is InChI=1S/C24H25FN6O2/c1-15(2)29-8-10-30(11-9-29)23(32)18-5-7-21(27-13-18)31-24(33)20(14-28-31)19-6-4-17(12-26)22(25)16(19)3/h4-7,13-15,28H,8-11H2,1-3H3. The van der Waals surface area contributed by atoms with Gasteiger partial charge in [-0.3, -0.25) is 19.6 Å². The van der Waals surface area contributed by atoms with Crippen LogP contribution in [0.2, 0.25) is 0 Å². The molecule has 1 amide bonds. The Labute approximate surface area is 190 Å². The first-order valence-corrected chi connectivity index (χ1v) is 10.8. The Morgan fingerprint density at radius 3 is 2.48 bits per heavy atom. The monoisotopic (exact) mass is 448 g/mol. The predicted molar refractivity (Wildman–Crippen MR) is 122 cm³/mol. The SMILES string of the molecule is Cc1c(-c2c[nH]n(-c3ccc(C(=O)N4CCN(C(C)C)CC4)cn3)c2=O)ccc(C#N)c1F. The summed E-state index contributed by atoms with van der Waals surface area (Å²) in [7, 11) is 0. The quantitative estimate of drug-likeness (QED) is 0.662. The molecule has 0 unspecified atom stereocenters. The van der Waals surface area contributed by atoms with Gasteiger partial charge in [0.1, 0.15) is 11.9 Å². The van der Waals surface area contributed by atoms with E-state index in [0.717, 1.165) is 13.1 Å². The fraction of sp³-hybridized carbons (Fsp3) is 0.333. The average Bonchev–Trinajstić information content (AvgIpc) is 3.21. The van der Waals surface area contributed by atoms with Crippen LogP contribution in [0.4, 0.5) is 4.39 Å². The number of nitrogens with zero attached hydrogens (tertiary/aromatic N) is 5. The van der Waals surface area contributed by atoms with Crippen molar-refractivity contribution in [3.05, 3.63) is 69.5 Å². The Hall–Kier alpha value is -3.77. The van der Waals surface area contributed by atoms with E-state index >= 15 is 0 Å². The molecule has 3 aromatic rings. The maximum absolute atomic E-state index is 14.4. The van der Waals surface area contributed by atoms with Gasteiger partial charge in [-0.1, -0.05) is 6.07 Å². The number of rotatable bonds is 4. The van der Waals surface area contributed by atoms with Gasteiger partial charge in [-0.25, -0.2) is 14.1 Å². The van der Waals surface area contributed by atoms with Crippen molar-refractivity contribution < 1.29 is 9.18 Å². The number of carbonyl (C=O) groups excluding carboxylic acids is 1. The molecule has 170 valence electrons. The maximum atomic E-state index is 14.4. The summed E-state index contributed by atoms with van der Waals surface area (Å²) in [6, 6.07) is 8.42. The van der Waals surface area contributed by atoms with Gasteiger partial charge in [0.15, 0.2) is 5.82 Å². The zero-order valence-corrected chi connectivity index (χ0v) is 18.8. The van der Waals surface area contributed by atoms with E-state index in [1.165, 1.54) is 30.1 Å². The Morgan fingerprint density at radius 1 is 1.15 bits per heavy atom. The molecule has 4 rings (SSSR count). The molecule has 0 bridgehead atoms. The third kappa shape index (κ3) is 4.17. The van der Waals surface area contributed by atoms with E-state index in [1.54, 1.807) is 24.3 Å². The van der Waals surface area contributed by atoms with E-state index < -0.39 is 11.4 Å². The number of benzene rings is 1. The van der Waals surface area contributed by atoms with E-state index in [0.29, 0.717) is 36.1 Å². The van der Waals surface area contributed by atoms with Gasteiger partial charge in [0, 0.05) is 44.6 Å². The third-order valence-electron chi connectivity index (χ3n) is 6.12. The molecule has 1 aromatic carbocycles. The van der Waals surface area contributed by atoms with Crippen LogP contribution >= 0.6 is 0 Å². The molecule has 0 aliphatic carbocycles. The fourth-order valence-corrected chi connectivity index (χ4v) is 4.07. The van der Waals surface area contributed by atoms with Crippen molar-refractivity contribution in [1.82, 2.24) is 24.6 Å². The largest absolute Gasteiger partial charge is 0.336 e. The molecule has 1 aliphatic rings. The molecule has 3 heterocycles. The topological polar surface area (TPSA) is 98.0 Å². The molecule has 0 atom stereocenters. The molecule has 1 fully saturated rings. The molecule has 0 spiro atoms. The molecular formula is C24H25FN6O2. The van der Waals surface area contributed by atoms with Gasteiger partial charge in [-0.2, -0.15) is 5.26 Å². The maximum Gasteiger partial charge on any atom is 0.280 e. The number of H-pyrrole nitrogens is 1. The molecule has 0 saturated carbocycles. The molecule has 9 heteroatoms. The molecular weight excluding hydrogens is 423 g/mol. The van der Waals surface area contributed by atoms with Crippen LogP contribution in [0.15, 0.2) is 41.5 Å². The molecule has 2 aromatic heterocycles. The number of carbonyl (C=O) groups is 1. The average molecular weight is 449 g/mol. The first-order valence-electron chi connectivity index (χ1n) is 10.8. The van der Waals surface area contributed by atoms with Gasteiger partial charge >= 0.3 is 0 Å². The number of hydrogen-bond donors (Lipinski definition) is 1. The molecule has 1 N–H and O–H groups in total. The van der Waals surface area contributed by atoms with Crippen LogP contribution in [-0.2, 0) is 0 Å². The lowest BCUT2D eigenvalue weighted by atomic mass is 10.0. The number of aromatic nitrogens is 3. The summed E-state index contributed by atoms with van der Waals surface area (Å²) < 4.78 is 15.6. The van der Waals surface area contributed by atoms with Crippen LogP contribution < -0.4 is 5.56 Å². The number of piperazine rings is 1. The van der Waals surface area contributed by atoms with Crippen molar-refractivity contribution in [3.8, 4) is 23.0 Å². The minimum atomic E-state index is -0.641. The molecule has 8 nitrogen and oxygen atoms in total. The van der Waals surface area contributed by atoms with Crippen LogP contribution in [0.3, 0.4) is 0 Å². The fourth-order valence-electron chi connectivity index (χ4n) is 4.07. The number of amides is 1. The van der Waals surface area contributed by atoms with E-state index in [4.69, 9.17) is 5.26 Å². The summed E-state index contributed by atoms with van der Waals surface area (Å²) in [5, 5.41) is 11.8. The van der Waals surface area contributed by atoms with Crippen molar-refractivity contribution in [3.63, 3.8) is 0 Å². The van der Waals surface area contributed by atoms with Crippen molar-refractivity contribution in [1.29, 1.82) is 5.26 Å². The molecule has 33 heavy (non-hydrogen) atoms. The Kier molecular flexibility index (Phi) is 6.11. The highest BCUT2D eigenvalue weighted by Gasteiger charge is 2.24. The molecule has 1 saturated heterocycles. The molecule has 0 radical (unpaired) electrons. The number of nitrogens with one attached hydrogen (secondary N) is 1. The highest BCUT2D eigenvalue weighted by atomic mass is 19.1. The van der Waals surface area contributed by atoms with Crippen LogP contribution in [0.1, 0.15) is 35.3 Å². The van der Waals surface area contributed by atoms with Crippen molar-refractivity contribution in [2.24, 2.45) is 0 Å². The summed E-state index contributed by atoms with van der Waals surface area (Å²) in [5.41, 5.74) is 0.878. The van der Waals surface area contributed by atoms with E-state index in [-0.39, 0.29) is 22.6 Å². The zero-order valence-electron chi connectivity index (χ0n) is 18.8. The number of aromatic amines is 1. The second-order valence-corrected chi connectivity index (χ2v) is 8.37. The van der Waals surface area contributed by atoms with Gasteiger partial charge in [0.2, 0.25) is 0 Å². The summed E-state index contributed by atoms with van der Waals surface area (Å²) in [5.74, 6) is -0.405. The van der Waals surface area contributed by atoms with Gasteiger partial charge in [-0.05, 0) is 50.1 Å². The highest BCUT2D eigenvalue weighted by Crippen LogP contribution is 2.24. The number of nitriles is 1. The Morgan fingerprint density at radius 2 is 1.88 bits per heavy atom. The van der Waals surface area contributed by atoms with Crippen LogP contribution in [-0.4, -0.2) is 62.7 Å². The summed E-state index contributed by atoms with van der Waals surface area (Å²) in [6.45, 7) is 8.83. The lowest BCUT2D eigenvalue weighted by molar-refractivity contribution is 0.0595. The van der Waals surface area contributed by atoms with Gasteiger partial charge in [-0.15, -0.1) is 0 Å². The normalized spacial score (nSPS) is 14.5. The Bertz CT molecular complexity index is 1280. The van der Waals surface area contributed by atoms with Crippen molar-refractivity contribution in [2.45, 2.75) is 26.8 Å². The van der Waals surface area contributed by atoms with Crippen LogP contribution in [0.5, 0.6) is 0 Å². The third-order valence-corrected chi connectivity index (χ3v) is 6.12. The van der Waals surface area contributed by atoms with Crippen molar-refractivity contribution in [2.75, 3.05) is 26.2 Å². The van der Waals surface area contributed by atoms with Crippen LogP contribution in [0, 0.1) is 24.1 Å². The van der Waals surface area contributed by atoms with Gasteiger partial charge in [0.25, 0.3) is 11.5 Å². The highest BCUT2D eigenvalue weighted by molar-refractivity contribution is 5.94. The minimum Gasteiger partial charge on any atom is -0.336 e. The zero-order chi connectivity index (χ0) is 23.7. The summed E-state index contributed by atoms with van der Waals surface area (Å²) in [4.78, 5) is 34.2. The lowest BCUT2D eigenvalue weighted by Gasteiger charge is -2.36. The second kappa shape index (κ2) is 9.00. The number of hydrogen-bond acceptors (Lipinski definition) is 5. The summed E-state index contributed by atoms with van der Waals surface area (Å²) in [6.07, 6.45) is 2.94.